The van der Waals surface area contributed by atoms with E-state index in [4.69, 9.17) is 16.3 Å². The molecule has 0 aromatic carbocycles. The summed E-state index contributed by atoms with van der Waals surface area (Å²) >= 11 is 9.20. The number of hydrogen-bond donors (Lipinski definition) is 1. The minimum absolute atomic E-state index is 0.153. The fourth-order valence-electron chi connectivity index (χ4n) is 1.60. The predicted molar refractivity (Wildman–Crippen MR) is 80.4 cm³/mol. The number of methoxy groups -OCH3 is 1. The number of carbonyl (C=O) groups excluding carboxylic acids is 1. The van der Waals surface area contributed by atoms with E-state index in [0.29, 0.717) is 21.7 Å². The Labute approximate surface area is 129 Å². The van der Waals surface area contributed by atoms with Gasteiger partial charge in [0.1, 0.15) is 9.76 Å². The lowest BCUT2D eigenvalue weighted by molar-refractivity contribution is 0.102. The maximum Gasteiger partial charge on any atom is 0.258 e. The summed E-state index contributed by atoms with van der Waals surface area (Å²) in [7, 11) is 1.53. The van der Waals surface area contributed by atoms with Crippen LogP contribution in [0.3, 0.4) is 0 Å². The van der Waals surface area contributed by atoms with E-state index in [1.807, 2.05) is 6.92 Å². The van der Waals surface area contributed by atoms with Crippen molar-refractivity contribution in [1.29, 1.82) is 0 Å². The molecule has 104 valence electrons. The quantitative estimate of drug-likeness (QED) is 0.855. The highest BCUT2D eigenvalue weighted by atomic mass is 79.9. The summed E-state index contributed by atoms with van der Waals surface area (Å²) in [6.07, 6.45) is 1.52. The normalized spacial score (nSPS) is 10.2. The molecule has 0 fully saturated rings. The zero-order valence-corrected chi connectivity index (χ0v) is 13.1. The molecule has 0 bridgehead atoms. The fourth-order valence-corrected chi connectivity index (χ4v) is 2.39. The predicted octanol–water partition coefficient (Wildman–Crippen LogP) is 3.46. The second-order valence-corrected chi connectivity index (χ2v) is 5.05. The van der Waals surface area contributed by atoms with Crippen molar-refractivity contribution in [2.75, 3.05) is 12.4 Å². The highest BCUT2D eigenvalue weighted by Crippen LogP contribution is 2.28. The van der Waals surface area contributed by atoms with Crippen LogP contribution in [0.4, 0.5) is 5.69 Å². The Morgan fingerprint density at radius 2 is 2.25 bits per heavy atom. The number of pyridine rings is 2. The van der Waals surface area contributed by atoms with Crippen molar-refractivity contribution in [1.82, 2.24) is 9.97 Å². The van der Waals surface area contributed by atoms with Crippen LogP contribution in [0.15, 0.2) is 29.0 Å². The molecule has 0 unspecified atom stereocenters. The van der Waals surface area contributed by atoms with E-state index >= 15 is 0 Å². The number of anilines is 1. The first-order valence-corrected chi connectivity index (χ1v) is 6.83. The third kappa shape index (κ3) is 3.08. The molecule has 20 heavy (non-hydrogen) atoms. The Kier molecular flexibility index (Phi) is 4.57. The van der Waals surface area contributed by atoms with Crippen molar-refractivity contribution in [3.63, 3.8) is 0 Å². The molecule has 0 aliphatic rings. The van der Waals surface area contributed by atoms with Gasteiger partial charge < -0.3 is 10.1 Å². The largest absolute Gasteiger partial charge is 0.481 e. The van der Waals surface area contributed by atoms with Crippen LogP contribution < -0.4 is 10.1 Å². The number of carbonyl (C=O) groups is 1. The van der Waals surface area contributed by atoms with E-state index < -0.39 is 0 Å². The minimum atomic E-state index is -0.348. The average Bonchev–Trinajstić information content (AvgIpc) is 2.42. The number of rotatable bonds is 3. The Morgan fingerprint density at radius 1 is 1.50 bits per heavy atom. The van der Waals surface area contributed by atoms with Gasteiger partial charge in [-0.1, -0.05) is 11.6 Å². The van der Waals surface area contributed by atoms with Crippen molar-refractivity contribution >= 4 is 39.1 Å². The third-order valence-corrected chi connectivity index (χ3v) is 3.48. The molecule has 1 amide bonds. The van der Waals surface area contributed by atoms with Crippen LogP contribution >= 0.6 is 27.5 Å². The molecular weight excluding hydrogens is 346 g/mol. The maximum absolute atomic E-state index is 12.2. The molecule has 0 radical (unpaired) electrons. The number of nitrogens with zero attached hydrogens (tertiary/aromatic N) is 2. The van der Waals surface area contributed by atoms with E-state index in [1.165, 1.54) is 13.3 Å². The van der Waals surface area contributed by atoms with Crippen molar-refractivity contribution < 1.29 is 9.53 Å². The molecule has 2 heterocycles. The van der Waals surface area contributed by atoms with Gasteiger partial charge in [-0.2, -0.15) is 0 Å². The van der Waals surface area contributed by atoms with Crippen molar-refractivity contribution in [3.05, 3.63) is 45.3 Å². The Bertz CT molecular complexity index is 641. The molecule has 5 nitrogen and oxygen atoms in total. The SMILES string of the molecule is COc1cc(C)c(NC(=O)c2cccnc2Cl)c(Br)n1. The van der Waals surface area contributed by atoms with Crippen LogP contribution in [0.1, 0.15) is 15.9 Å². The molecule has 0 atom stereocenters. The fraction of sp³-hybridized carbons (Fsp3) is 0.154. The Balaban J connectivity index is 2.31. The lowest BCUT2D eigenvalue weighted by Crippen LogP contribution is -2.14. The Hall–Kier alpha value is -1.66. The number of aryl methyl sites for hydroxylation is 1. The molecule has 0 aliphatic carbocycles. The van der Waals surface area contributed by atoms with Gasteiger partial charge in [0, 0.05) is 12.3 Å². The number of halogens is 2. The third-order valence-electron chi connectivity index (χ3n) is 2.60. The van der Waals surface area contributed by atoms with E-state index in [2.05, 4.69) is 31.2 Å². The van der Waals surface area contributed by atoms with Crippen LogP contribution in [0.5, 0.6) is 5.88 Å². The number of hydrogen-bond acceptors (Lipinski definition) is 4. The van der Waals surface area contributed by atoms with E-state index in [9.17, 15) is 4.79 Å². The summed E-state index contributed by atoms with van der Waals surface area (Å²) < 4.78 is 5.54. The molecule has 0 saturated heterocycles. The van der Waals surface area contributed by atoms with Gasteiger partial charge in [0.05, 0.1) is 18.4 Å². The van der Waals surface area contributed by atoms with Gasteiger partial charge in [0.15, 0.2) is 0 Å². The van der Waals surface area contributed by atoms with Gasteiger partial charge in [0.25, 0.3) is 5.91 Å². The molecular formula is C13H11BrClN3O2. The molecule has 0 spiro atoms. The molecule has 2 aromatic heterocycles. The highest BCUT2D eigenvalue weighted by molar-refractivity contribution is 9.10. The first-order chi connectivity index (χ1) is 9.52. The smallest absolute Gasteiger partial charge is 0.258 e. The topological polar surface area (TPSA) is 64.1 Å². The van der Waals surface area contributed by atoms with Crippen LogP contribution in [-0.2, 0) is 0 Å². The van der Waals surface area contributed by atoms with Crippen molar-refractivity contribution in [3.8, 4) is 5.88 Å². The lowest BCUT2D eigenvalue weighted by atomic mass is 10.2. The van der Waals surface area contributed by atoms with Gasteiger partial charge in [-0.25, -0.2) is 9.97 Å². The van der Waals surface area contributed by atoms with Gasteiger partial charge in [-0.15, -0.1) is 0 Å². The molecule has 7 heteroatoms. The summed E-state index contributed by atoms with van der Waals surface area (Å²) in [4.78, 5) is 20.2. The Morgan fingerprint density at radius 3 is 2.85 bits per heavy atom. The highest BCUT2D eigenvalue weighted by Gasteiger charge is 2.15. The van der Waals surface area contributed by atoms with Crippen LogP contribution in [-0.4, -0.2) is 23.0 Å². The van der Waals surface area contributed by atoms with E-state index in [1.54, 1.807) is 18.2 Å². The van der Waals surface area contributed by atoms with Gasteiger partial charge in [0.2, 0.25) is 5.88 Å². The molecule has 2 aromatic rings. The van der Waals surface area contributed by atoms with Gasteiger partial charge >= 0.3 is 0 Å². The lowest BCUT2D eigenvalue weighted by Gasteiger charge is -2.11. The van der Waals surface area contributed by atoms with Crippen LogP contribution in [0.2, 0.25) is 5.15 Å². The first kappa shape index (κ1) is 14.7. The van der Waals surface area contributed by atoms with Crippen molar-refractivity contribution in [2.45, 2.75) is 6.92 Å². The second kappa shape index (κ2) is 6.19. The summed E-state index contributed by atoms with van der Waals surface area (Å²) in [5.74, 6) is 0.116. The zero-order valence-electron chi connectivity index (χ0n) is 10.8. The van der Waals surface area contributed by atoms with E-state index in [0.717, 1.165) is 5.56 Å². The first-order valence-electron chi connectivity index (χ1n) is 5.66. The minimum Gasteiger partial charge on any atom is -0.481 e. The monoisotopic (exact) mass is 355 g/mol. The molecule has 2 rings (SSSR count). The summed E-state index contributed by atoms with van der Waals surface area (Å²) in [5.41, 5.74) is 1.68. The number of amides is 1. The number of nitrogens with one attached hydrogen (secondary N) is 1. The summed E-state index contributed by atoms with van der Waals surface area (Å²) in [6.45, 7) is 1.84. The molecule has 0 aliphatic heterocycles. The van der Waals surface area contributed by atoms with E-state index in [-0.39, 0.29) is 11.1 Å². The molecule has 0 saturated carbocycles. The van der Waals surface area contributed by atoms with Gasteiger partial charge in [-0.05, 0) is 40.5 Å². The molecule has 1 N–H and O–H groups in total. The summed E-state index contributed by atoms with van der Waals surface area (Å²) in [5, 5.41) is 2.91. The standard InChI is InChI=1S/C13H11BrClN3O2/c1-7-6-9(20-2)17-11(14)10(7)18-13(19)8-4-3-5-16-12(8)15/h3-6H,1-2H3,(H,18,19). The number of aromatic nitrogens is 2. The van der Waals surface area contributed by atoms with Crippen molar-refractivity contribution in [2.24, 2.45) is 0 Å². The van der Waals surface area contributed by atoms with Gasteiger partial charge in [-0.3, -0.25) is 4.79 Å². The zero-order chi connectivity index (χ0) is 14.7. The van der Waals surface area contributed by atoms with Crippen LogP contribution in [0.25, 0.3) is 0 Å². The van der Waals surface area contributed by atoms with Crippen LogP contribution in [0, 0.1) is 6.92 Å². The average molecular weight is 357 g/mol. The summed E-state index contributed by atoms with van der Waals surface area (Å²) in [6, 6.07) is 4.98. The maximum atomic E-state index is 12.2. The second-order valence-electron chi connectivity index (χ2n) is 3.94. The number of ether oxygens (including phenoxy) is 1.